The molecular weight excluding hydrogens is 396 g/mol. The molecule has 0 unspecified atom stereocenters. The van der Waals surface area contributed by atoms with E-state index in [2.05, 4.69) is 43.2 Å². The third kappa shape index (κ3) is 5.34. The Bertz CT molecular complexity index is 951. The van der Waals surface area contributed by atoms with E-state index in [4.69, 9.17) is 11.6 Å². The van der Waals surface area contributed by atoms with E-state index in [9.17, 15) is 4.79 Å². The van der Waals surface area contributed by atoms with Crippen molar-refractivity contribution in [2.45, 2.75) is 32.1 Å². The van der Waals surface area contributed by atoms with Gasteiger partial charge in [0.05, 0.1) is 5.69 Å². The van der Waals surface area contributed by atoms with Crippen LogP contribution in [-0.2, 0) is 4.79 Å². The number of nitrogens with zero attached hydrogens (tertiary/aromatic N) is 1. The van der Waals surface area contributed by atoms with Crippen molar-refractivity contribution in [1.29, 1.82) is 0 Å². The standard InChI is InChI=1S/C21H21ClN2OS2/c1-13-10-15(3)18(11-14(13)2)19-12-27-21(23-19)24-20(25)8-9-26-17-6-4-16(22)5-7-17/h4-7,10-12H,8-9H2,1-3H3,(H,23,24,25). The second kappa shape index (κ2) is 8.91. The van der Waals surface area contributed by atoms with Crippen LogP contribution in [0.5, 0.6) is 0 Å². The van der Waals surface area contributed by atoms with Gasteiger partial charge in [0.2, 0.25) is 5.91 Å². The third-order valence-electron chi connectivity index (χ3n) is 4.28. The Morgan fingerprint density at radius 1 is 1.11 bits per heavy atom. The lowest BCUT2D eigenvalue weighted by Crippen LogP contribution is -2.11. The molecule has 1 aromatic heterocycles. The van der Waals surface area contributed by atoms with Gasteiger partial charge in [-0.25, -0.2) is 4.98 Å². The van der Waals surface area contributed by atoms with Gasteiger partial charge in [-0.05, 0) is 67.8 Å². The summed E-state index contributed by atoms with van der Waals surface area (Å²) in [4.78, 5) is 17.9. The normalized spacial score (nSPS) is 10.8. The molecule has 0 radical (unpaired) electrons. The highest BCUT2D eigenvalue weighted by atomic mass is 35.5. The first kappa shape index (κ1) is 19.9. The highest BCUT2D eigenvalue weighted by Gasteiger charge is 2.11. The maximum atomic E-state index is 12.2. The number of rotatable bonds is 6. The summed E-state index contributed by atoms with van der Waals surface area (Å²) in [7, 11) is 0. The summed E-state index contributed by atoms with van der Waals surface area (Å²) >= 11 is 8.98. The van der Waals surface area contributed by atoms with Crippen molar-refractivity contribution in [2.75, 3.05) is 11.1 Å². The van der Waals surface area contributed by atoms with Crippen LogP contribution >= 0.6 is 34.7 Å². The Labute approximate surface area is 173 Å². The Kier molecular flexibility index (Phi) is 6.58. The fraction of sp³-hybridized carbons (Fsp3) is 0.238. The van der Waals surface area contributed by atoms with Crippen molar-refractivity contribution in [1.82, 2.24) is 4.98 Å². The molecule has 6 heteroatoms. The van der Waals surface area contributed by atoms with E-state index in [1.165, 1.54) is 28.0 Å². The number of thiazole rings is 1. The van der Waals surface area contributed by atoms with Crippen LogP contribution in [-0.4, -0.2) is 16.6 Å². The molecule has 0 bridgehead atoms. The molecule has 3 rings (SSSR count). The molecule has 0 spiro atoms. The van der Waals surface area contributed by atoms with Gasteiger partial charge in [-0.2, -0.15) is 0 Å². The number of amides is 1. The fourth-order valence-corrected chi connectivity index (χ4v) is 4.37. The van der Waals surface area contributed by atoms with Crippen LogP contribution < -0.4 is 5.32 Å². The van der Waals surface area contributed by atoms with Crippen molar-refractivity contribution in [3.63, 3.8) is 0 Å². The van der Waals surface area contributed by atoms with E-state index in [0.717, 1.165) is 21.2 Å². The predicted octanol–water partition coefficient (Wildman–Crippen LogP) is 6.51. The summed E-state index contributed by atoms with van der Waals surface area (Å²) in [6.45, 7) is 6.31. The van der Waals surface area contributed by atoms with Gasteiger partial charge in [0.15, 0.2) is 5.13 Å². The molecule has 0 aliphatic carbocycles. The minimum Gasteiger partial charge on any atom is -0.302 e. The average Bonchev–Trinajstić information content (AvgIpc) is 3.08. The summed E-state index contributed by atoms with van der Waals surface area (Å²) < 4.78 is 0. The number of hydrogen-bond acceptors (Lipinski definition) is 4. The highest BCUT2D eigenvalue weighted by Crippen LogP contribution is 2.29. The molecule has 27 heavy (non-hydrogen) atoms. The summed E-state index contributed by atoms with van der Waals surface area (Å²) in [5.41, 5.74) is 5.74. The van der Waals surface area contributed by atoms with Crippen molar-refractivity contribution in [3.05, 3.63) is 63.5 Å². The van der Waals surface area contributed by atoms with Crippen LogP contribution in [0.1, 0.15) is 23.1 Å². The van der Waals surface area contributed by atoms with Crippen LogP contribution in [0.2, 0.25) is 5.02 Å². The molecule has 0 atom stereocenters. The SMILES string of the molecule is Cc1cc(C)c(-c2csc(NC(=O)CCSc3ccc(Cl)cc3)n2)cc1C. The molecule has 3 aromatic rings. The number of carbonyl (C=O) groups excluding carboxylic acids is 1. The van der Waals surface area contributed by atoms with Gasteiger partial charge in [0.25, 0.3) is 0 Å². The van der Waals surface area contributed by atoms with Crippen molar-refractivity contribution in [2.24, 2.45) is 0 Å². The van der Waals surface area contributed by atoms with Gasteiger partial charge < -0.3 is 5.32 Å². The zero-order chi connectivity index (χ0) is 19.4. The Hall–Kier alpha value is -1.82. The molecule has 1 N–H and O–H groups in total. The first-order chi connectivity index (χ1) is 12.9. The van der Waals surface area contributed by atoms with Crippen LogP contribution in [0.3, 0.4) is 0 Å². The second-order valence-electron chi connectivity index (χ2n) is 6.39. The third-order valence-corrected chi connectivity index (χ3v) is 6.30. The highest BCUT2D eigenvalue weighted by molar-refractivity contribution is 7.99. The number of carbonyl (C=O) groups is 1. The number of benzene rings is 2. The molecule has 1 heterocycles. The Balaban J connectivity index is 1.56. The van der Waals surface area contributed by atoms with Crippen LogP contribution in [0.4, 0.5) is 5.13 Å². The average molecular weight is 417 g/mol. The number of anilines is 1. The minimum absolute atomic E-state index is 0.0193. The first-order valence-corrected chi connectivity index (χ1v) is 10.9. The molecule has 0 aliphatic heterocycles. The summed E-state index contributed by atoms with van der Waals surface area (Å²) in [6, 6.07) is 12.0. The van der Waals surface area contributed by atoms with Crippen LogP contribution in [0, 0.1) is 20.8 Å². The quantitative estimate of drug-likeness (QED) is 0.465. The lowest BCUT2D eigenvalue weighted by molar-refractivity contribution is -0.115. The molecule has 0 saturated carbocycles. The fourth-order valence-electron chi connectivity index (χ4n) is 2.67. The topological polar surface area (TPSA) is 42.0 Å². The largest absolute Gasteiger partial charge is 0.302 e. The number of nitrogens with one attached hydrogen (secondary N) is 1. The summed E-state index contributed by atoms with van der Waals surface area (Å²) in [5.74, 6) is 0.691. The smallest absolute Gasteiger partial charge is 0.226 e. The maximum absolute atomic E-state index is 12.2. The van der Waals surface area contributed by atoms with Gasteiger partial charge in [0.1, 0.15) is 0 Å². The molecule has 0 saturated heterocycles. The first-order valence-electron chi connectivity index (χ1n) is 8.64. The van der Waals surface area contributed by atoms with E-state index in [1.807, 2.05) is 29.6 Å². The molecule has 0 aliphatic rings. The van der Waals surface area contributed by atoms with Crippen molar-refractivity contribution < 1.29 is 4.79 Å². The van der Waals surface area contributed by atoms with Crippen LogP contribution in [0.15, 0.2) is 46.7 Å². The van der Waals surface area contributed by atoms with E-state index in [1.54, 1.807) is 11.8 Å². The summed E-state index contributed by atoms with van der Waals surface area (Å²) in [5, 5.41) is 6.26. The number of hydrogen-bond donors (Lipinski definition) is 1. The lowest BCUT2D eigenvalue weighted by atomic mass is 9.99. The zero-order valence-electron chi connectivity index (χ0n) is 15.5. The van der Waals surface area contributed by atoms with E-state index in [-0.39, 0.29) is 5.91 Å². The van der Waals surface area contributed by atoms with Crippen LogP contribution in [0.25, 0.3) is 11.3 Å². The number of thioether (sulfide) groups is 1. The van der Waals surface area contributed by atoms with E-state index < -0.39 is 0 Å². The minimum atomic E-state index is -0.0193. The molecule has 140 valence electrons. The Morgan fingerprint density at radius 2 is 1.81 bits per heavy atom. The molecular formula is C21H21ClN2OS2. The number of aromatic nitrogens is 1. The van der Waals surface area contributed by atoms with Crippen molar-refractivity contribution in [3.8, 4) is 11.3 Å². The van der Waals surface area contributed by atoms with Gasteiger partial charge in [-0.1, -0.05) is 17.7 Å². The molecule has 3 nitrogen and oxygen atoms in total. The second-order valence-corrected chi connectivity index (χ2v) is 8.85. The maximum Gasteiger partial charge on any atom is 0.226 e. The van der Waals surface area contributed by atoms with Gasteiger partial charge in [-0.3, -0.25) is 4.79 Å². The monoisotopic (exact) mass is 416 g/mol. The van der Waals surface area contributed by atoms with Gasteiger partial charge in [0, 0.05) is 33.0 Å². The predicted molar refractivity (Wildman–Crippen MR) is 117 cm³/mol. The number of aryl methyl sites for hydroxylation is 3. The van der Waals surface area contributed by atoms with Gasteiger partial charge >= 0.3 is 0 Å². The van der Waals surface area contributed by atoms with Gasteiger partial charge in [-0.15, -0.1) is 23.1 Å². The Morgan fingerprint density at radius 3 is 2.56 bits per heavy atom. The van der Waals surface area contributed by atoms with E-state index in [0.29, 0.717) is 17.3 Å². The van der Waals surface area contributed by atoms with Crippen molar-refractivity contribution >= 4 is 45.7 Å². The lowest BCUT2D eigenvalue weighted by Gasteiger charge is -2.07. The summed E-state index contributed by atoms with van der Waals surface area (Å²) in [6.07, 6.45) is 0.435. The number of halogens is 1. The van der Waals surface area contributed by atoms with E-state index >= 15 is 0 Å². The molecule has 1 amide bonds. The molecule has 0 fully saturated rings. The zero-order valence-corrected chi connectivity index (χ0v) is 17.9. The molecule has 2 aromatic carbocycles.